The largest absolute Gasteiger partial charge is 0.369 e. The summed E-state index contributed by atoms with van der Waals surface area (Å²) in [6.45, 7) is 0.326. The van der Waals surface area contributed by atoms with Crippen LogP contribution >= 0.6 is 15.2 Å². The first-order chi connectivity index (χ1) is 10.1. The number of pyridine rings is 1. The molecule has 0 spiro atoms. The summed E-state index contributed by atoms with van der Waals surface area (Å²) in [5, 5.41) is 9.08. The van der Waals surface area contributed by atoms with E-state index in [9.17, 15) is 14.2 Å². The summed E-state index contributed by atoms with van der Waals surface area (Å²) in [6.07, 6.45) is 4.07. The number of nitrogens with one attached hydrogen (secondary N) is 1. The van der Waals surface area contributed by atoms with E-state index in [1.54, 1.807) is 12.4 Å². The maximum Gasteiger partial charge on any atom is 0.369 e. The van der Waals surface area contributed by atoms with Crippen molar-refractivity contribution in [2.45, 2.75) is 24.3 Å². The van der Waals surface area contributed by atoms with Crippen molar-refractivity contribution in [2.75, 3.05) is 13.1 Å². The molecule has 1 aromatic rings. The van der Waals surface area contributed by atoms with Crippen LogP contribution < -0.4 is 5.32 Å². The van der Waals surface area contributed by atoms with E-state index in [1.807, 2.05) is 12.1 Å². The second-order valence-electron chi connectivity index (χ2n) is 4.83. The highest BCUT2D eigenvalue weighted by Crippen LogP contribution is 2.68. The van der Waals surface area contributed by atoms with Gasteiger partial charge in [0, 0.05) is 18.8 Å². The number of aliphatic hydroxyl groups is 1. The highest BCUT2D eigenvalue weighted by atomic mass is 31.2. The van der Waals surface area contributed by atoms with Crippen molar-refractivity contribution < 1.29 is 33.8 Å². The standard InChI is InChI=1S/C11H20N2O7P2/c14-11(21(15,16)17,22(18,19)20)5-8-12-6-1-3-10-4-2-7-13-9-10/h2,4,7,9,12,14H,1,3,5-6,8H2,(H2,15,16,17)(H2,18,19,20). The quantitative estimate of drug-likeness (QED) is 0.265. The molecular weight excluding hydrogens is 334 g/mol. The minimum Gasteiger partial charge on any atom is -0.367 e. The lowest BCUT2D eigenvalue weighted by Crippen LogP contribution is -2.33. The zero-order valence-corrected chi connectivity index (χ0v) is 13.5. The third kappa shape index (κ3) is 5.22. The molecule has 0 aromatic carbocycles. The molecule has 0 aliphatic heterocycles. The first-order valence-corrected chi connectivity index (χ1v) is 9.74. The molecule has 0 radical (unpaired) electrons. The van der Waals surface area contributed by atoms with Gasteiger partial charge in [0.1, 0.15) is 0 Å². The molecule has 0 saturated carbocycles. The molecule has 126 valence electrons. The molecule has 9 nitrogen and oxygen atoms in total. The fraction of sp³-hybridized carbons (Fsp3) is 0.545. The van der Waals surface area contributed by atoms with Crippen LogP contribution in [0.25, 0.3) is 0 Å². The third-order valence-electron chi connectivity index (χ3n) is 3.11. The highest BCUT2D eigenvalue weighted by molar-refractivity contribution is 7.72. The average Bonchev–Trinajstić information content (AvgIpc) is 2.41. The fourth-order valence-electron chi connectivity index (χ4n) is 1.81. The maximum absolute atomic E-state index is 11.1. The number of hydrogen-bond donors (Lipinski definition) is 6. The molecule has 6 N–H and O–H groups in total. The van der Waals surface area contributed by atoms with E-state index in [4.69, 9.17) is 19.6 Å². The predicted octanol–water partition coefficient (Wildman–Crippen LogP) is -0.00460. The number of aromatic nitrogens is 1. The smallest absolute Gasteiger partial charge is 0.367 e. The van der Waals surface area contributed by atoms with Crippen molar-refractivity contribution >= 4 is 15.2 Å². The number of nitrogens with zero attached hydrogens (tertiary/aromatic N) is 1. The van der Waals surface area contributed by atoms with E-state index in [1.165, 1.54) is 0 Å². The molecule has 0 aliphatic carbocycles. The van der Waals surface area contributed by atoms with Gasteiger partial charge in [-0.25, -0.2) is 0 Å². The average molecular weight is 354 g/mol. The second-order valence-corrected chi connectivity index (χ2v) is 8.84. The highest BCUT2D eigenvalue weighted by Gasteiger charge is 2.58. The number of hydrogen-bond acceptors (Lipinski definition) is 5. The van der Waals surface area contributed by atoms with Gasteiger partial charge in [0.15, 0.2) is 0 Å². The summed E-state index contributed by atoms with van der Waals surface area (Å²) in [5.41, 5.74) is 1.03. The Bertz CT molecular complexity index is 535. The Morgan fingerprint density at radius 1 is 1.14 bits per heavy atom. The van der Waals surface area contributed by atoms with Crippen LogP contribution in [0.15, 0.2) is 24.5 Å². The lowest BCUT2D eigenvalue weighted by molar-refractivity contribution is 0.123. The minimum atomic E-state index is -5.37. The molecule has 0 fully saturated rings. The molecule has 1 heterocycles. The Morgan fingerprint density at radius 2 is 1.77 bits per heavy atom. The van der Waals surface area contributed by atoms with E-state index < -0.39 is 26.7 Å². The third-order valence-corrected chi connectivity index (χ3v) is 6.99. The SMILES string of the molecule is O=P(O)(O)C(O)(CCNCCCc1cccnc1)P(=O)(O)O. The molecule has 1 aromatic heterocycles. The lowest BCUT2D eigenvalue weighted by Gasteiger charge is -2.29. The normalized spacial score (nSPS) is 13.3. The van der Waals surface area contributed by atoms with E-state index in [-0.39, 0.29) is 6.54 Å². The Hall–Kier alpha value is -0.630. The maximum atomic E-state index is 11.1. The van der Waals surface area contributed by atoms with Gasteiger partial charge in [-0.1, -0.05) is 6.07 Å². The summed E-state index contributed by atoms with van der Waals surface area (Å²) in [6, 6.07) is 3.72. The van der Waals surface area contributed by atoms with Gasteiger partial charge in [0.2, 0.25) is 0 Å². The van der Waals surface area contributed by atoms with Crippen LogP contribution in [-0.2, 0) is 15.6 Å². The minimum absolute atomic E-state index is 0.139. The molecule has 22 heavy (non-hydrogen) atoms. The second kappa shape index (κ2) is 7.77. The summed E-state index contributed by atoms with van der Waals surface area (Å²) < 4.78 is 22.2. The van der Waals surface area contributed by atoms with E-state index in [0.717, 1.165) is 12.0 Å². The van der Waals surface area contributed by atoms with Crippen LogP contribution in [0.2, 0.25) is 0 Å². The van der Waals surface area contributed by atoms with Gasteiger partial charge < -0.3 is 30.0 Å². The van der Waals surface area contributed by atoms with Crippen LogP contribution in [0.1, 0.15) is 18.4 Å². The van der Waals surface area contributed by atoms with E-state index in [2.05, 4.69) is 10.3 Å². The van der Waals surface area contributed by atoms with Crippen LogP contribution in [0.4, 0.5) is 0 Å². The van der Waals surface area contributed by atoms with Gasteiger partial charge in [-0.15, -0.1) is 0 Å². The van der Waals surface area contributed by atoms with Gasteiger partial charge >= 0.3 is 15.2 Å². The van der Waals surface area contributed by atoms with Gasteiger partial charge in [0.25, 0.3) is 5.08 Å². The molecular formula is C11H20N2O7P2. The van der Waals surface area contributed by atoms with Crippen LogP contribution in [0, 0.1) is 0 Å². The molecule has 0 amide bonds. The van der Waals surface area contributed by atoms with Crippen molar-refractivity contribution in [3.8, 4) is 0 Å². The van der Waals surface area contributed by atoms with Crippen LogP contribution in [0.5, 0.6) is 0 Å². The van der Waals surface area contributed by atoms with Gasteiger partial charge in [-0.3, -0.25) is 14.1 Å². The Morgan fingerprint density at radius 3 is 2.27 bits per heavy atom. The van der Waals surface area contributed by atoms with Crippen LogP contribution in [-0.4, -0.2) is 47.8 Å². The monoisotopic (exact) mass is 354 g/mol. The van der Waals surface area contributed by atoms with E-state index >= 15 is 0 Å². The van der Waals surface area contributed by atoms with Crippen molar-refractivity contribution in [3.05, 3.63) is 30.1 Å². The van der Waals surface area contributed by atoms with Gasteiger partial charge in [-0.05, 0) is 37.6 Å². The van der Waals surface area contributed by atoms with Crippen molar-refractivity contribution in [3.63, 3.8) is 0 Å². The molecule has 0 unspecified atom stereocenters. The van der Waals surface area contributed by atoms with Crippen molar-refractivity contribution in [1.82, 2.24) is 10.3 Å². The molecule has 0 aliphatic rings. The Kier molecular flexibility index (Phi) is 6.85. The van der Waals surface area contributed by atoms with Gasteiger partial charge in [0.05, 0.1) is 0 Å². The van der Waals surface area contributed by atoms with E-state index in [0.29, 0.717) is 13.0 Å². The molecule has 1 rings (SSSR count). The summed E-state index contributed by atoms with van der Waals surface area (Å²) >= 11 is 0. The summed E-state index contributed by atoms with van der Waals surface area (Å²) in [7, 11) is -10.7. The van der Waals surface area contributed by atoms with Gasteiger partial charge in [-0.2, -0.15) is 0 Å². The van der Waals surface area contributed by atoms with Crippen molar-refractivity contribution in [2.24, 2.45) is 0 Å². The lowest BCUT2D eigenvalue weighted by atomic mass is 10.1. The zero-order valence-electron chi connectivity index (χ0n) is 11.7. The van der Waals surface area contributed by atoms with Crippen LogP contribution in [0.3, 0.4) is 0 Å². The summed E-state index contributed by atoms with van der Waals surface area (Å²) in [4.78, 5) is 39.8. The first-order valence-electron chi connectivity index (χ1n) is 6.51. The Balaban J connectivity index is 2.39. The number of rotatable bonds is 9. The molecule has 0 bridgehead atoms. The molecule has 0 saturated heterocycles. The predicted molar refractivity (Wildman–Crippen MR) is 79.1 cm³/mol. The molecule has 0 atom stereocenters. The van der Waals surface area contributed by atoms with Crippen molar-refractivity contribution in [1.29, 1.82) is 0 Å². The molecule has 11 heteroatoms. The zero-order chi connectivity index (χ0) is 16.9. The fourth-order valence-corrected chi connectivity index (χ4v) is 3.97. The summed E-state index contributed by atoms with van der Waals surface area (Å²) in [5.74, 6) is 0. The Labute approximate surface area is 127 Å². The number of aryl methyl sites for hydroxylation is 1. The topological polar surface area (TPSA) is 160 Å². The first kappa shape index (κ1) is 19.4.